The van der Waals surface area contributed by atoms with Crippen molar-refractivity contribution in [1.82, 2.24) is 9.62 Å². The molecule has 6 heteroatoms. The van der Waals surface area contributed by atoms with E-state index in [2.05, 4.69) is 19.2 Å². The fourth-order valence-electron chi connectivity index (χ4n) is 2.74. The Morgan fingerprint density at radius 1 is 1.30 bits per heavy atom. The third kappa shape index (κ3) is 5.31. The molecule has 1 heterocycles. The lowest BCUT2D eigenvalue weighted by atomic mass is 9.99. The summed E-state index contributed by atoms with van der Waals surface area (Å²) in [5.74, 6) is 0.0839. The van der Waals surface area contributed by atoms with Gasteiger partial charge in [0.2, 0.25) is 10.0 Å². The summed E-state index contributed by atoms with van der Waals surface area (Å²) in [4.78, 5) is 0. The van der Waals surface area contributed by atoms with Gasteiger partial charge in [-0.25, -0.2) is 8.42 Å². The molecule has 0 radical (unpaired) electrons. The molecule has 1 N–H and O–H groups in total. The molecule has 120 valence electrons. The van der Waals surface area contributed by atoms with Crippen LogP contribution in [-0.2, 0) is 14.8 Å². The molecule has 0 aromatic rings. The lowest BCUT2D eigenvalue weighted by molar-refractivity contribution is 0.0900. The Bertz CT molecular complexity index is 371. The van der Waals surface area contributed by atoms with Gasteiger partial charge in [-0.1, -0.05) is 13.3 Å². The van der Waals surface area contributed by atoms with E-state index < -0.39 is 10.0 Å². The summed E-state index contributed by atoms with van der Waals surface area (Å²) in [7, 11) is -3.22. The van der Waals surface area contributed by atoms with E-state index >= 15 is 0 Å². The monoisotopic (exact) mass is 306 g/mol. The molecular weight excluding hydrogens is 276 g/mol. The molecule has 1 saturated heterocycles. The first kappa shape index (κ1) is 17.9. The van der Waals surface area contributed by atoms with E-state index in [-0.39, 0.29) is 30.5 Å². The number of nitrogens with zero attached hydrogens (tertiary/aromatic N) is 1. The third-order valence-corrected chi connectivity index (χ3v) is 5.60. The summed E-state index contributed by atoms with van der Waals surface area (Å²) in [6, 6.07) is 0.272. The van der Waals surface area contributed by atoms with Crippen molar-refractivity contribution >= 4 is 10.0 Å². The molecule has 0 saturated carbocycles. The normalized spacial score (nSPS) is 23.1. The Kier molecular flexibility index (Phi) is 7.43. The van der Waals surface area contributed by atoms with Crippen LogP contribution >= 0.6 is 0 Å². The molecule has 5 nitrogen and oxygen atoms in total. The van der Waals surface area contributed by atoms with Crippen LogP contribution in [0.2, 0.25) is 0 Å². The fourth-order valence-corrected chi connectivity index (χ4v) is 4.39. The van der Waals surface area contributed by atoms with E-state index in [0.717, 1.165) is 25.8 Å². The fraction of sp³-hybridized carbons (Fsp3) is 1.00. The molecular formula is C14H30N2O3S. The lowest BCUT2D eigenvalue weighted by Crippen LogP contribution is -2.53. The molecule has 1 fully saturated rings. The summed E-state index contributed by atoms with van der Waals surface area (Å²) < 4.78 is 32.1. The van der Waals surface area contributed by atoms with Gasteiger partial charge in [0.1, 0.15) is 0 Å². The first-order valence-electron chi connectivity index (χ1n) is 7.73. The highest BCUT2D eigenvalue weighted by molar-refractivity contribution is 7.89. The Balaban J connectivity index is 2.67. The summed E-state index contributed by atoms with van der Waals surface area (Å²) in [5, 5.41) is 3.35. The minimum absolute atomic E-state index is 0.0723. The molecule has 1 rings (SSSR count). The van der Waals surface area contributed by atoms with Gasteiger partial charge in [0.15, 0.2) is 0 Å². The minimum Gasteiger partial charge on any atom is -0.378 e. The zero-order valence-corrected chi connectivity index (χ0v) is 14.1. The SMILES string of the molecule is CCNC(C)C1CCCCN1S(=O)(=O)CCOC(C)C. The van der Waals surface area contributed by atoms with Gasteiger partial charge in [0.25, 0.3) is 0 Å². The van der Waals surface area contributed by atoms with Crippen LogP contribution in [0.3, 0.4) is 0 Å². The number of hydrogen-bond donors (Lipinski definition) is 1. The van der Waals surface area contributed by atoms with Crippen LogP contribution in [0.25, 0.3) is 0 Å². The van der Waals surface area contributed by atoms with E-state index in [1.807, 2.05) is 13.8 Å². The van der Waals surface area contributed by atoms with Crippen LogP contribution in [0.1, 0.15) is 47.0 Å². The van der Waals surface area contributed by atoms with Gasteiger partial charge < -0.3 is 10.1 Å². The summed E-state index contributed by atoms with van der Waals surface area (Å²) in [5.41, 5.74) is 0. The Hall–Kier alpha value is -0.170. The van der Waals surface area contributed by atoms with Crippen molar-refractivity contribution in [3.8, 4) is 0 Å². The number of ether oxygens (including phenoxy) is 1. The first-order valence-corrected chi connectivity index (χ1v) is 9.34. The van der Waals surface area contributed by atoms with Crippen molar-refractivity contribution in [3.63, 3.8) is 0 Å². The largest absolute Gasteiger partial charge is 0.378 e. The molecule has 0 aromatic carbocycles. The molecule has 0 amide bonds. The van der Waals surface area contributed by atoms with Gasteiger partial charge in [-0.05, 0) is 40.2 Å². The van der Waals surface area contributed by atoms with Crippen molar-refractivity contribution in [2.24, 2.45) is 0 Å². The average Bonchev–Trinajstić information content (AvgIpc) is 2.38. The summed E-state index contributed by atoms with van der Waals surface area (Å²) >= 11 is 0. The van der Waals surface area contributed by atoms with Crippen LogP contribution < -0.4 is 5.32 Å². The number of rotatable bonds is 8. The standard InChI is InChI=1S/C14H30N2O3S/c1-5-15-13(4)14-8-6-7-9-16(14)20(17,18)11-10-19-12(2)3/h12-15H,5-11H2,1-4H3. The van der Waals surface area contributed by atoms with Gasteiger partial charge in [-0.2, -0.15) is 4.31 Å². The zero-order chi connectivity index (χ0) is 15.2. The molecule has 0 aromatic heterocycles. The second-order valence-corrected chi connectivity index (χ2v) is 7.80. The molecule has 0 spiro atoms. The molecule has 1 aliphatic heterocycles. The van der Waals surface area contributed by atoms with Crippen molar-refractivity contribution in [2.75, 3.05) is 25.4 Å². The maximum Gasteiger partial charge on any atom is 0.216 e. The van der Waals surface area contributed by atoms with Crippen molar-refractivity contribution < 1.29 is 13.2 Å². The smallest absolute Gasteiger partial charge is 0.216 e. The van der Waals surface area contributed by atoms with Gasteiger partial charge in [0.05, 0.1) is 18.5 Å². The van der Waals surface area contributed by atoms with E-state index in [0.29, 0.717) is 6.54 Å². The highest BCUT2D eigenvalue weighted by atomic mass is 32.2. The second kappa shape index (κ2) is 8.32. The lowest BCUT2D eigenvalue weighted by Gasteiger charge is -2.38. The zero-order valence-electron chi connectivity index (χ0n) is 13.3. The third-order valence-electron chi connectivity index (χ3n) is 3.75. The van der Waals surface area contributed by atoms with E-state index in [1.54, 1.807) is 4.31 Å². The Labute approximate surface area is 124 Å². The van der Waals surface area contributed by atoms with Crippen LogP contribution in [0.5, 0.6) is 0 Å². The number of nitrogens with one attached hydrogen (secondary N) is 1. The maximum atomic E-state index is 12.5. The molecule has 0 bridgehead atoms. The highest BCUT2D eigenvalue weighted by Gasteiger charge is 2.34. The summed E-state index contributed by atoms with van der Waals surface area (Å²) in [6.07, 6.45) is 3.08. The van der Waals surface area contributed by atoms with Gasteiger partial charge in [-0.15, -0.1) is 0 Å². The van der Waals surface area contributed by atoms with Crippen molar-refractivity contribution in [1.29, 1.82) is 0 Å². The number of likely N-dealkylation sites (N-methyl/N-ethyl adjacent to an activating group) is 1. The first-order chi connectivity index (χ1) is 9.38. The molecule has 0 aliphatic carbocycles. The highest BCUT2D eigenvalue weighted by Crippen LogP contribution is 2.23. The van der Waals surface area contributed by atoms with Crippen LogP contribution in [0, 0.1) is 0 Å². The van der Waals surface area contributed by atoms with Crippen LogP contribution in [0.15, 0.2) is 0 Å². The van der Waals surface area contributed by atoms with Crippen LogP contribution in [0.4, 0.5) is 0 Å². The molecule has 1 aliphatic rings. The average molecular weight is 306 g/mol. The minimum atomic E-state index is -3.22. The number of sulfonamides is 1. The number of hydrogen-bond acceptors (Lipinski definition) is 4. The quantitative estimate of drug-likeness (QED) is 0.740. The van der Waals surface area contributed by atoms with E-state index in [4.69, 9.17) is 4.74 Å². The second-order valence-electron chi connectivity index (χ2n) is 5.76. The van der Waals surface area contributed by atoms with Crippen LogP contribution in [-0.4, -0.2) is 56.4 Å². The maximum absolute atomic E-state index is 12.5. The Morgan fingerprint density at radius 2 is 2.00 bits per heavy atom. The van der Waals surface area contributed by atoms with Gasteiger partial charge in [0, 0.05) is 18.6 Å². The van der Waals surface area contributed by atoms with Gasteiger partial charge in [-0.3, -0.25) is 0 Å². The molecule has 2 atom stereocenters. The van der Waals surface area contributed by atoms with Crippen molar-refractivity contribution in [2.45, 2.75) is 65.1 Å². The molecule has 2 unspecified atom stereocenters. The van der Waals surface area contributed by atoms with E-state index in [1.165, 1.54) is 0 Å². The predicted octanol–water partition coefficient (Wildman–Crippen LogP) is 1.59. The topological polar surface area (TPSA) is 58.6 Å². The number of piperidine rings is 1. The Morgan fingerprint density at radius 3 is 2.60 bits per heavy atom. The van der Waals surface area contributed by atoms with E-state index in [9.17, 15) is 8.42 Å². The van der Waals surface area contributed by atoms with Crippen molar-refractivity contribution in [3.05, 3.63) is 0 Å². The van der Waals surface area contributed by atoms with Gasteiger partial charge >= 0.3 is 0 Å². The summed E-state index contributed by atoms with van der Waals surface area (Å²) in [6.45, 7) is 9.75. The predicted molar refractivity (Wildman–Crippen MR) is 82.4 cm³/mol. The molecule has 20 heavy (non-hydrogen) atoms.